The number of nitrogens with zero attached hydrogens (tertiary/aromatic N) is 6. The Labute approximate surface area is 232 Å². The Balaban J connectivity index is 1.36. The average molecular weight is 551 g/mol. The Morgan fingerprint density at radius 2 is 1.00 bits per heavy atom. The highest BCUT2D eigenvalue weighted by Gasteiger charge is 2.36. The summed E-state index contributed by atoms with van der Waals surface area (Å²) in [5.74, 6) is -2.41. The van der Waals surface area contributed by atoms with Gasteiger partial charge < -0.3 is 20.0 Å². The number of amides is 2. The van der Waals surface area contributed by atoms with E-state index in [0.717, 1.165) is 22.8 Å². The minimum atomic E-state index is -0.977. The molecule has 12 nitrogen and oxygen atoms in total. The van der Waals surface area contributed by atoms with E-state index in [1.807, 2.05) is 46.2 Å². The third-order valence-electron chi connectivity index (χ3n) is 7.71. The Kier molecular flexibility index (Phi) is 8.36. The van der Waals surface area contributed by atoms with E-state index in [2.05, 4.69) is 0 Å². The lowest BCUT2D eigenvalue weighted by molar-refractivity contribution is -0.148. The number of aliphatic carboxylic acids is 2. The second-order valence-electron chi connectivity index (χ2n) is 10.7. The van der Waals surface area contributed by atoms with Crippen molar-refractivity contribution in [3.63, 3.8) is 0 Å². The Morgan fingerprint density at radius 3 is 1.32 bits per heavy atom. The molecule has 3 aliphatic rings. The fraction of sp³-hybridized carbons (Fsp3) is 0.500. The molecule has 2 aromatic heterocycles. The number of carbonyl (C=O) groups excluding carboxylic acids is 2. The van der Waals surface area contributed by atoms with Gasteiger partial charge in [0.1, 0.15) is 12.1 Å². The molecule has 0 saturated carbocycles. The molecule has 4 bridgehead atoms. The Hall–Kier alpha value is -3.90. The van der Waals surface area contributed by atoms with Crippen LogP contribution in [0.5, 0.6) is 0 Å². The summed E-state index contributed by atoms with van der Waals surface area (Å²) < 4.78 is 0. The smallest absolute Gasteiger partial charge is 0.326 e. The van der Waals surface area contributed by atoms with Crippen LogP contribution in [0.15, 0.2) is 36.4 Å². The molecule has 0 spiro atoms. The van der Waals surface area contributed by atoms with Crippen LogP contribution in [0.1, 0.15) is 48.5 Å². The molecule has 12 heteroatoms. The number of hydrogen-bond acceptors (Lipinski definition) is 8. The van der Waals surface area contributed by atoms with Gasteiger partial charge in [-0.2, -0.15) is 0 Å². The summed E-state index contributed by atoms with van der Waals surface area (Å²) in [5, 5.41) is 19.1. The molecule has 2 N–H and O–H groups in total. The van der Waals surface area contributed by atoms with Crippen LogP contribution in [0, 0.1) is 0 Å². The van der Waals surface area contributed by atoms with Gasteiger partial charge in [-0.05, 0) is 49.9 Å². The highest BCUT2D eigenvalue weighted by atomic mass is 16.4. The van der Waals surface area contributed by atoms with Gasteiger partial charge >= 0.3 is 11.9 Å². The second-order valence-corrected chi connectivity index (χ2v) is 10.7. The van der Waals surface area contributed by atoms with Crippen molar-refractivity contribution in [2.24, 2.45) is 0 Å². The first-order valence-corrected chi connectivity index (χ1v) is 13.7. The van der Waals surface area contributed by atoms with Crippen molar-refractivity contribution in [1.82, 2.24) is 29.6 Å². The number of pyridine rings is 2. The summed E-state index contributed by atoms with van der Waals surface area (Å²) in [6.45, 7) is 2.42. The monoisotopic (exact) mass is 550 g/mol. The van der Waals surface area contributed by atoms with Gasteiger partial charge in [0.05, 0.1) is 35.9 Å². The summed E-state index contributed by atoms with van der Waals surface area (Å²) in [4.78, 5) is 66.0. The van der Waals surface area contributed by atoms with Gasteiger partial charge in [0.2, 0.25) is 11.8 Å². The highest BCUT2D eigenvalue weighted by molar-refractivity contribution is 5.86. The van der Waals surface area contributed by atoms with Gasteiger partial charge in [0, 0.05) is 39.3 Å². The van der Waals surface area contributed by atoms with Crippen LogP contribution in [-0.2, 0) is 45.4 Å². The van der Waals surface area contributed by atoms with Gasteiger partial charge in [-0.25, -0.2) is 9.59 Å². The second kappa shape index (κ2) is 12.1. The molecule has 0 radical (unpaired) electrons. The first kappa shape index (κ1) is 27.7. The van der Waals surface area contributed by atoms with Gasteiger partial charge in [0.15, 0.2) is 0 Å². The third kappa shape index (κ3) is 6.45. The molecular weight excluding hydrogens is 516 g/mol. The van der Waals surface area contributed by atoms with Crippen molar-refractivity contribution in [2.45, 2.75) is 63.9 Å². The summed E-state index contributed by atoms with van der Waals surface area (Å²) in [6, 6.07) is 9.72. The summed E-state index contributed by atoms with van der Waals surface area (Å²) in [7, 11) is 0. The zero-order chi connectivity index (χ0) is 28.2. The molecular formula is C28H34N6O6. The number of carboxylic acids is 2. The first-order chi connectivity index (χ1) is 19.3. The minimum Gasteiger partial charge on any atom is -0.480 e. The SMILES string of the molecule is O=C(O)C1CCCN1C(=O)CN1Cc2cccc(n2)CN(CC(=O)N2CCCC2C(=O)O)Cc2cccc(n2)C1. The lowest BCUT2D eigenvalue weighted by atomic mass is 10.2. The molecule has 212 valence electrons. The summed E-state index contributed by atoms with van der Waals surface area (Å²) >= 11 is 0. The molecule has 2 unspecified atom stereocenters. The molecule has 3 aliphatic heterocycles. The standard InChI is InChI=1S/C28H34N6O6/c35-25(33-11-3-9-23(33)27(37)38)17-31-13-19-5-1-6-20(29-19)14-32(16-22-8-2-7-21(15-31)30-22)18-26(36)34-12-4-10-24(34)28(39)40/h1-2,5-8,23-24H,3-4,9-18H2,(H,37,38)(H,39,40). The molecule has 5 heterocycles. The number of carbonyl (C=O) groups is 4. The average Bonchev–Trinajstić information content (AvgIpc) is 3.59. The van der Waals surface area contributed by atoms with E-state index in [0.29, 0.717) is 65.0 Å². The van der Waals surface area contributed by atoms with Crippen LogP contribution >= 0.6 is 0 Å². The van der Waals surface area contributed by atoms with E-state index in [1.165, 1.54) is 9.80 Å². The highest BCUT2D eigenvalue weighted by Crippen LogP contribution is 2.21. The van der Waals surface area contributed by atoms with Crippen LogP contribution in [0.25, 0.3) is 0 Å². The van der Waals surface area contributed by atoms with Gasteiger partial charge in [-0.15, -0.1) is 0 Å². The number of likely N-dealkylation sites (tertiary alicyclic amines) is 2. The lowest BCUT2D eigenvalue weighted by Gasteiger charge is -2.29. The number of carboxylic acid groups (broad SMARTS) is 2. The molecule has 0 aromatic carbocycles. The molecule has 2 atom stereocenters. The minimum absolute atomic E-state index is 0.0444. The van der Waals surface area contributed by atoms with Crippen molar-refractivity contribution < 1.29 is 29.4 Å². The maximum atomic E-state index is 13.2. The molecule has 2 aromatic rings. The fourth-order valence-electron chi connectivity index (χ4n) is 5.87. The Morgan fingerprint density at radius 1 is 0.650 bits per heavy atom. The van der Waals surface area contributed by atoms with Crippen LogP contribution < -0.4 is 0 Å². The van der Waals surface area contributed by atoms with Crippen molar-refractivity contribution in [1.29, 1.82) is 0 Å². The predicted octanol–water partition coefficient (Wildman–Crippen LogP) is 0.946. The van der Waals surface area contributed by atoms with Crippen LogP contribution in [0.4, 0.5) is 0 Å². The van der Waals surface area contributed by atoms with Crippen LogP contribution in [-0.4, -0.2) is 102 Å². The maximum absolute atomic E-state index is 13.2. The molecule has 0 aliphatic carbocycles. The number of fused-ring (bicyclic) bond motifs is 4. The summed E-state index contributed by atoms with van der Waals surface area (Å²) in [6.07, 6.45) is 2.26. The Bertz CT molecular complexity index is 1150. The van der Waals surface area contributed by atoms with Crippen molar-refractivity contribution in [3.05, 3.63) is 59.2 Å². The van der Waals surface area contributed by atoms with E-state index in [9.17, 15) is 29.4 Å². The molecule has 2 saturated heterocycles. The molecule has 2 amide bonds. The zero-order valence-corrected chi connectivity index (χ0v) is 22.3. The van der Waals surface area contributed by atoms with E-state index < -0.39 is 24.0 Å². The third-order valence-corrected chi connectivity index (χ3v) is 7.71. The van der Waals surface area contributed by atoms with Gasteiger partial charge in [0.25, 0.3) is 0 Å². The van der Waals surface area contributed by atoms with E-state index in [1.54, 1.807) is 0 Å². The largest absolute Gasteiger partial charge is 0.480 e. The quantitative estimate of drug-likeness (QED) is 0.533. The van der Waals surface area contributed by atoms with Crippen molar-refractivity contribution in [2.75, 3.05) is 26.2 Å². The first-order valence-electron chi connectivity index (χ1n) is 13.7. The van der Waals surface area contributed by atoms with Crippen molar-refractivity contribution in [3.8, 4) is 0 Å². The van der Waals surface area contributed by atoms with E-state index in [-0.39, 0.29) is 24.9 Å². The van der Waals surface area contributed by atoms with E-state index in [4.69, 9.17) is 9.97 Å². The fourth-order valence-corrected chi connectivity index (χ4v) is 5.87. The molecule has 40 heavy (non-hydrogen) atoms. The zero-order valence-electron chi connectivity index (χ0n) is 22.3. The van der Waals surface area contributed by atoms with Gasteiger partial charge in [-0.3, -0.25) is 29.4 Å². The molecule has 5 rings (SSSR count). The number of rotatable bonds is 6. The number of aromatic nitrogens is 2. The maximum Gasteiger partial charge on any atom is 0.326 e. The van der Waals surface area contributed by atoms with Gasteiger partial charge in [-0.1, -0.05) is 12.1 Å². The number of hydrogen-bond donors (Lipinski definition) is 2. The lowest BCUT2D eigenvalue weighted by Crippen LogP contribution is -2.45. The summed E-state index contributed by atoms with van der Waals surface area (Å²) in [5.41, 5.74) is 2.98. The topological polar surface area (TPSA) is 147 Å². The van der Waals surface area contributed by atoms with Crippen LogP contribution in [0.2, 0.25) is 0 Å². The molecule has 2 fully saturated rings. The normalized spacial score (nSPS) is 22.0. The predicted molar refractivity (Wildman–Crippen MR) is 141 cm³/mol. The van der Waals surface area contributed by atoms with Crippen LogP contribution in [0.3, 0.4) is 0 Å². The van der Waals surface area contributed by atoms with Crippen molar-refractivity contribution >= 4 is 23.8 Å². The van der Waals surface area contributed by atoms with E-state index >= 15 is 0 Å².